The van der Waals surface area contributed by atoms with Crippen LogP contribution in [0.2, 0.25) is 0 Å². The summed E-state index contributed by atoms with van der Waals surface area (Å²) in [5, 5.41) is 6.99. The van der Waals surface area contributed by atoms with Crippen molar-refractivity contribution in [1.29, 1.82) is 0 Å². The highest BCUT2D eigenvalue weighted by Gasteiger charge is 2.26. The fourth-order valence-corrected chi connectivity index (χ4v) is 3.86. The third-order valence-corrected chi connectivity index (χ3v) is 5.32. The molecule has 1 aromatic carbocycles. The van der Waals surface area contributed by atoms with Crippen LogP contribution in [0.3, 0.4) is 0 Å². The average Bonchev–Trinajstić information content (AvgIpc) is 3.01. The first kappa shape index (κ1) is 18.8. The number of amides is 1. The lowest BCUT2D eigenvalue weighted by atomic mass is 10.1. The second-order valence-electron chi connectivity index (χ2n) is 5.84. The van der Waals surface area contributed by atoms with Crippen LogP contribution in [0.1, 0.15) is 17.3 Å². The number of benzene rings is 1. The minimum atomic E-state index is -3.59. The molecule has 0 saturated heterocycles. The molecule has 27 heavy (non-hydrogen) atoms. The van der Waals surface area contributed by atoms with Crippen molar-refractivity contribution >= 4 is 27.1 Å². The molecule has 2 heterocycles. The third kappa shape index (κ3) is 3.37. The zero-order chi connectivity index (χ0) is 19.8. The number of halogens is 1. The number of sulfonamides is 1. The van der Waals surface area contributed by atoms with Crippen LogP contribution in [0.5, 0.6) is 0 Å². The number of aromatic nitrogens is 2. The number of nitrogens with one attached hydrogen (secondary N) is 1. The van der Waals surface area contributed by atoms with Gasteiger partial charge in [0, 0.05) is 31.4 Å². The zero-order valence-electron chi connectivity index (χ0n) is 15.0. The van der Waals surface area contributed by atoms with Crippen molar-refractivity contribution in [2.75, 3.05) is 24.2 Å². The van der Waals surface area contributed by atoms with Crippen LogP contribution < -0.4 is 9.62 Å². The van der Waals surface area contributed by atoms with Gasteiger partial charge in [0.25, 0.3) is 5.91 Å². The highest BCUT2D eigenvalue weighted by Crippen LogP contribution is 2.32. The number of carbonyl (C=O) groups excluding carboxylic acids is 1. The van der Waals surface area contributed by atoms with Crippen LogP contribution in [0.4, 0.5) is 10.1 Å². The molecule has 3 rings (SSSR count). The van der Waals surface area contributed by atoms with E-state index in [1.165, 1.54) is 41.9 Å². The first-order valence-corrected chi connectivity index (χ1v) is 10.0. The monoisotopic (exact) mass is 389 g/mol. The fraction of sp³-hybridized carbons (Fsp3) is 0.222. The van der Waals surface area contributed by atoms with E-state index in [0.29, 0.717) is 16.8 Å². The second-order valence-corrected chi connectivity index (χ2v) is 7.75. The molecule has 0 bridgehead atoms. The van der Waals surface area contributed by atoms with Crippen molar-refractivity contribution in [2.45, 2.75) is 6.92 Å². The van der Waals surface area contributed by atoms with Crippen LogP contribution in [0, 0.1) is 11.9 Å². The number of nitrogens with zero attached hydrogens (tertiary/aromatic N) is 3. The Labute approximate surface area is 156 Å². The molecule has 7 nitrogen and oxygen atoms in total. The number of pyridine rings is 1. The molecule has 1 amide bonds. The normalized spacial score (nSPS) is 11.6. The van der Waals surface area contributed by atoms with Gasteiger partial charge in [0.1, 0.15) is 17.0 Å². The van der Waals surface area contributed by atoms with Gasteiger partial charge in [-0.05, 0) is 37.3 Å². The average molecular weight is 389 g/mol. The first-order valence-electron chi connectivity index (χ1n) is 8.16. The van der Waals surface area contributed by atoms with Gasteiger partial charge in [0.15, 0.2) is 0 Å². The highest BCUT2D eigenvalue weighted by atomic mass is 32.2. The van der Waals surface area contributed by atoms with E-state index < -0.39 is 21.7 Å². The maximum absolute atomic E-state index is 13.3. The summed E-state index contributed by atoms with van der Waals surface area (Å²) in [4.78, 5) is 12.6. The molecule has 3 aromatic rings. The second kappa shape index (κ2) is 6.99. The van der Waals surface area contributed by atoms with Crippen molar-refractivity contribution in [2.24, 2.45) is 0 Å². The maximum atomic E-state index is 13.3. The standard InChI is InChI=1S/C18H18FN4O3S/c1-4-23(27(3,25)26)14-6-5-11-22-17(14)15(18(24)20-2)16(21-22)12-7-9-13(19)10-8-12/h5,7-11H,4H2,1-3H3,(H,20,24). The van der Waals surface area contributed by atoms with E-state index in [-0.39, 0.29) is 17.8 Å². The SMILES string of the molecule is CCN(c1[c]ccn2nc(-c3ccc(F)cc3)c(C(=O)NC)c12)S(C)(=O)=O. The first-order chi connectivity index (χ1) is 12.8. The highest BCUT2D eigenvalue weighted by molar-refractivity contribution is 7.92. The Morgan fingerprint density at radius 2 is 2.00 bits per heavy atom. The minimum absolute atomic E-state index is 0.166. The predicted molar refractivity (Wildman–Crippen MR) is 101 cm³/mol. The molecule has 0 unspecified atom stereocenters. The van der Waals surface area contributed by atoms with Crippen LogP contribution in [0.15, 0.2) is 36.5 Å². The van der Waals surface area contributed by atoms with Gasteiger partial charge in [-0.3, -0.25) is 9.10 Å². The lowest BCUT2D eigenvalue weighted by Gasteiger charge is -2.21. The van der Waals surface area contributed by atoms with Gasteiger partial charge in [-0.2, -0.15) is 5.10 Å². The molecule has 0 saturated carbocycles. The molecule has 1 N–H and O–H groups in total. The Morgan fingerprint density at radius 3 is 2.56 bits per heavy atom. The summed E-state index contributed by atoms with van der Waals surface area (Å²) < 4.78 is 40.3. The molecule has 0 spiro atoms. The van der Waals surface area contributed by atoms with Crippen LogP contribution in [0.25, 0.3) is 16.8 Å². The Hall–Kier alpha value is -2.94. The summed E-state index contributed by atoms with van der Waals surface area (Å²) in [5.74, 6) is -0.845. The predicted octanol–water partition coefficient (Wildman–Crippen LogP) is 2.09. The van der Waals surface area contributed by atoms with Crippen LogP contribution in [-0.2, 0) is 10.0 Å². The number of carbonyl (C=O) groups is 1. The van der Waals surface area contributed by atoms with Gasteiger partial charge in [0.2, 0.25) is 10.0 Å². The van der Waals surface area contributed by atoms with Crippen molar-refractivity contribution in [3.63, 3.8) is 0 Å². The number of hydrogen-bond acceptors (Lipinski definition) is 4. The van der Waals surface area contributed by atoms with E-state index in [4.69, 9.17) is 0 Å². The van der Waals surface area contributed by atoms with Gasteiger partial charge in [-0.25, -0.2) is 17.3 Å². The van der Waals surface area contributed by atoms with E-state index in [0.717, 1.165) is 10.6 Å². The number of fused-ring (bicyclic) bond motifs is 1. The summed E-state index contributed by atoms with van der Waals surface area (Å²) in [5.41, 5.74) is 1.58. The van der Waals surface area contributed by atoms with E-state index in [9.17, 15) is 17.6 Å². The topological polar surface area (TPSA) is 83.8 Å². The van der Waals surface area contributed by atoms with Gasteiger partial charge in [-0.1, -0.05) is 0 Å². The molecule has 141 valence electrons. The quantitative estimate of drug-likeness (QED) is 0.724. The van der Waals surface area contributed by atoms with Crippen molar-refractivity contribution < 1.29 is 17.6 Å². The molecule has 0 aliphatic heterocycles. The molecule has 0 aliphatic carbocycles. The third-order valence-electron chi connectivity index (χ3n) is 4.08. The molecule has 1 radical (unpaired) electrons. The Morgan fingerprint density at radius 1 is 1.33 bits per heavy atom. The van der Waals surface area contributed by atoms with Gasteiger partial charge in [-0.15, -0.1) is 0 Å². The number of anilines is 1. The zero-order valence-corrected chi connectivity index (χ0v) is 15.8. The van der Waals surface area contributed by atoms with E-state index in [2.05, 4.69) is 16.5 Å². The summed E-state index contributed by atoms with van der Waals surface area (Å²) >= 11 is 0. The molecule has 0 atom stereocenters. The molecule has 0 fully saturated rings. The summed E-state index contributed by atoms with van der Waals surface area (Å²) in [6, 6.07) is 10.0. The smallest absolute Gasteiger partial charge is 0.255 e. The van der Waals surface area contributed by atoms with Gasteiger partial charge < -0.3 is 5.32 Å². The summed E-state index contributed by atoms with van der Waals surface area (Å²) in [6.07, 6.45) is 2.67. The van der Waals surface area contributed by atoms with Gasteiger partial charge in [0.05, 0.1) is 17.5 Å². The lowest BCUT2D eigenvalue weighted by molar-refractivity contribution is 0.0965. The fourth-order valence-electron chi connectivity index (χ4n) is 2.92. The lowest BCUT2D eigenvalue weighted by Crippen LogP contribution is -2.30. The molecular formula is C18H18FN4O3S. The molecule has 0 aliphatic rings. The largest absolute Gasteiger partial charge is 0.355 e. The van der Waals surface area contributed by atoms with Crippen molar-refractivity contribution in [3.8, 4) is 11.3 Å². The van der Waals surface area contributed by atoms with Crippen molar-refractivity contribution in [1.82, 2.24) is 14.9 Å². The Bertz CT molecular complexity index is 1110. The van der Waals surface area contributed by atoms with Gasteiger partial charge >= 0.3 is 0 Å². The number of rotatable bonds is 5. The Balaban J connectivity index is 2.39. The van der Waals surface area contributed by atoms with Crippen molar-refractivity contribution in [3.05, 3.63) is 54.0 Å². The summed E-state index contributed by atoms with van der Waals surface area (Å²) in [7, 11) is -2.12. The summed E-state index contributed by atoms with van der Waals surface area (Å²) in [6.45, 7) is 1.86. The van der Waals surface area contributed by atoms with Crippen LogP contribution in [-0.4, -0.2) is 43.8 Å². The molecular weight excluding hydrogens is 371 g/mol. The molecule has 9 heteroatoms. The van der Waals surface area contributed by atoms with Crippen LogP contribution >= 0.6 is 0 Å². The Kier molecular flexibility index (Phi) is 4.88. The van der Waals surface area contributed by atoms with E-state index in [1.54, 1.807) is 13.1 Å². The molecule has 2 aromatic heterocycles. The minimum Gasteiger partial charge on any atom is -0.355 e. The van der Waals surface area contributed by atoms with E-state index >= 15 is 0 Å². The van der Waals surface area contributed by atoms with E-state index in [1.807, 2.05) is 0 Å². The number of hydrogen-bond donors (Lipinski definition) is 1. The maximum Gasteiger partial charge on any atom is 0.255 e.